The molecule has 1 aliphatic heterocycles. The number of ether oxygens (including phenoxy) is 2. The van der Waals surface area contributed by atoms with Gasteiger partial charge in [-0.25, -0.2) is 0 Å². The van der Waals surface area contributed by atoms with Crippen LogP contribution in [0.5, 0.6) is 0 Å². The molecule has 0 aromatic heterocycles. The van der Waals surface area contributed by atoms with Crippen LogP contribution in [0.15, 0.2) is 0 Å². The van der Waals surface area contributed by atoms with Crippen LogP contribution in [0.4, 0.5) is 0 Å². The molecular formula is C16H30O3. The van der Waals surface area contributed by atoms with Gasteiger partial charge in [0.1, 0.15) is 0 Å². The third-order valence-electron chi connectivity index (χ3n) is 4.98. The smallest absolute Gasteiger partial charge is 0.191 e. The van der Waals surface area contributed by atoms with Crippen molar-refractivity contribution in [2.75, 3.05) is 13.2 Å². The molecule has 3 heteroatoms. The molecule has 0 spiro atoms. The first-order valence-electron chi connectivity index (χ1n) is 7.99. The number of hydrogen-bond donors (Lipinski definition) is 1. The molecule has 0 bridgehead atoms. The van der Waals surface area contributed by atoms with Crippen LogP contribution < -0.4 is 0 Å². The average molecular weight is 270 g/mol. The summed E-state index contributed by atoms with van der Waals surface area (Å²) in [7, 11) is 0. The van der Waals surface area contributed by atoms with Crippen LogP contribution in [0.1, 0.15) is 59.3 Å². The zero-order valence-corrected chi connectivity index (χ0v) is 12.7. The normalized spacial score (nSPS) is 40.6. The molecule has 19 heavy (non-hydrogen) atoms. The Kier molecular flexibility index (Phi) is 5.27. The number of rotatable bonds is 4. The van der Waals surface area contributed by atoms with E-state index in [9.17, 15) is 5.11 Å². The molecule has 0 aromatic rings. The van der Waals surface area contributed by atoms with Gasteiger partial charge in [-0.05, 0) is 49.9 Å². The molecule has 2 aliphatic rings. The molecular weight excluding hydrogens is 240 g/mol. The Bertz CT molecular complexity index is 271. The number of aliphatic hydroxyl groups excluding tert-OH is 1. The van der Waals surface area contributed by atoms with Gasteiger partial charge < -0.3 is 14.6 Å². The quantitative estimate of drug-likeness (QED) is 0.851. The van der Waals surface area contributed by atoms with Crippen LogP contribution in [-0.2, 0) is 9.47 Å². The molecule has 2 rings (SSSR count). The molecule has 1 N–H and O–H groups in total. The van der Waals surface area contributed by atoms with Gasteiger partial charge in [0.15, 0.2) is 5.79 Å². The average Bonchev–Trinajstić information content (AvgIpc) is 2.39. The number of aliphatic hydroxyl groups is 1. The molecule has 0 aromatic carbocycles. The van der Waals surface area contributed by atoms with Crippen molar-refractivity contribution in [2.24, 2.45) is 17.8 Å². The lowest BCUT2D eigenvalue weighted by molar-refractivity contribution is -0.295. The second kappa shape index (κ2) is 6.55. The van der Waals surface area contributed by atoms with Gasteiger partial charge in [-0.15, -0.1) is 0 Å². The van der Waals surface area contributed by atoms with E-state index in [-0.39, 0.29) is 12.7 Å². The lowest BCUT2D eigenvalue weighted by atomic mass is 9.73. The van der Waals surface area contributed by atoms with Crippen molar-refractivity contribution < 1.29 is 14.6 Å². The topological polar surface area (TPSA) is 38.7 Å². The highest BCUT2D eigenvalue weighted by Crippen LogP contribution is 2.38. The Morgan fingerprint density at radius 1 is 1.32 bits per heavy atom. The molecule has 1 saturated carbocycles. The van der Waals surface area contributed by atoms with Crippen molar-refractivity contribution in [1.29, 1.82) is 0 Å². The van der Waals surface area contributed by atoms with Gasteiger partial charge in [0.05, 0.1) is 19.3 Å². The van der Waals surface area contributed by atoms with Gasteiger partial charge in [-0.3, -0.25) is 0 Å². The first-order valence-corrected chi connectivity index (χ1v) is 7.99. The van der Waals surface area contributed by atoms with Crippen molar-refractivity contribution >= 4 is 0 Å². The van der Waals surface area contributed by atoms with Crippen LogP contribution in [0.25, 0.3) is 0 Å². The molecule has 112 valence electrons. The summed E-state index contributed by atoms with van der Waals surface area (Å²) < 4.78 is 12.0. The van der Waals surface area contributed by atoms with E-state index in [0.717, 1.165) is 50.5 Å². The van der Waals surface area contributed by atoms with E-state index in [1.54, 1.807) is 0 Å². The summed E-state index contributed by atoms with van der Waals surface area (Å²) >= 11 is 0. The summed E-state index contributed by atoms with van der Waals surface area (Å²) in [6.07, 6.45) is 6.73. The monoisotopic (exact) mass is 270 g/mol. The minimum Gasteiger partial charge on any atom is -0.391 e. The summed E-state index contributed by atoms with van der Waals surface area (Å²) in [5.41, 5.74) is 0. The lowest BCUT2D eigenvalue weighted by Crippen LogP contribution is -2.47. The van der Waals surface area contributed by atoms with E-state index in [0.29, 0.717) is 5.92 Å². The summed E-state index contributed by atoms with van der Waals surface area (Å²) in [6.45, 7) is 7.69. The number of hydrogen-bond acceptors (Lipinski definition) is 3. The van der Waals surface area contributed by atoms with Gasteiger partial charge in [0.2, 0.25) is 0 Å². The van der Waals surface area contributed by atoms with Gasteiger partial charge in [0.25, 0.3) is 0 Å². The summed E-state index contributed by atoms with van der Waals surface area (Å²) in [5.74, 6) is 1.58. The Morgan fingerprint density at radius 2 is 2.11 bits per heavy atom. The van der Waals surface area contributed by atoms with E-state index < -0.39 is 5.79 Å². The molecule has 0 radical (unpaired) electrons. The Labute approximate surface area is 117 Å². The zero-order valence-electron chi connectivity index (χ0n) is 12.7. The summed E-state index contributed by atoms with van der Waals surface area (Å²) in [6, 6.07) is 0. The van der Waals surface area contributed by atoms with Crippen molar-refractivity contribution in [3.63, 3.8) is 0 Å². The zero-order chi connectivity index (χ0) is 13.9. The third-order valence-corrected chi connectivity index (χ3v) is 4.98. The third kappa shape index (κ3) is 3.71. The lowest BCUT2D eigenvalue weighted by Gasteiger charge is -2.42. The molecule has 1 aliphatic carbocycles. The van der Waals surface area contributed by atoms with Crippen LogP contribution in [0, 0.1) is 17.8 Å². The molecule has 1 saturated heterocycles. The first-order chi connectivity index (χ1) is 9.06. The Morgan fingerprint density at radius 3 is 2.63 bits per heavy atom. The maximum atomic E-state index is 9.63. The molecule has 1 heterocycles. The second-order valence-corrected chi connectivity index (χ2v) is 6.81. The summed E-state index contributed by atoms with van der Waals surface area (Å²) in [5, 5.41) is 9.63. The van der Waals surface area contributed by atoms with Gasteiger partial charge >= 0.3 is 0 Å². The van der Waals surface area contributed by atoms with Crippen molar-refractivity contribution in [3.8, 4) is 0 Å². The van der Waals surface area contributed by atoms with Crippen LogP contribution in [0.2, 0.25) is 0 Å². The maximum Gasteiger partial charge on any atom is 0.191 e. The van der Waals surface area contributed by atoms with Crippen molar-refractivity contribution in [3.05, 3.63) is 0 Å². The fourth-order valence-corrected chi connectivity index (χ4v) is 3.85. The van der Waals surface area contributed by atoms with Gasteiger partial charge in [0, 0.05) is 6.42 Å². The first kappa shape index (κ1) is 15.3. The predicted molar refractivity (Wildman–Crippen MR) is 75.8 cm³/mol. The Balaban J connectivity index is 1.89. The standard InChI is InChI=1S/C16H30O3/c1-12(2)15-7-6-14(10-13(15)3)19-16(11-17)8-4-5-9-18-16/h12-15,17H,4-11H2,1-3H3. The second-order valence-electron chi connectivity index (χ2n) is 6.81. The molecule has 4 unspecified atom stereocenters. The Hall–Kier alpha value is -0.120. The highest BCUT2D eigenvalue weighted by atomic mass is 16.7. The van der Waals surface area contributed by atoms with E-state index in [2.05, 4.69) is 20.8 Å². The fourth-order valence-electron chi connectivity index (χ4n) is 3.85. The van der Waals surface area contributed by atoms with Gasteiger partial charge in [-0.2, -0.15) is 0 Å². The highest BCUT2D eigenvalue weighted by molar-refractivity contribution is 4.83. The predicted octanol–water partition coefficient (Wildman–Crippen LogP) is 3.35. The van der Waals surface area contributed by atoms with Crippen LogP contribution in [-0.4, -0.2) is 30.2 Å². The van der Waals surface area contributed by atoms with Crippen molar-refractivity contribution in [1.82, 2.24) is 0 Å². The SMILES string of the molecule is CC(C)C1CCC(OC2(CO)CCCCO2)CC1C. The van der Waals surface area contributed by atoms with E-state index in [1.807, 2.05) is 0 Å². The molecule has 4 atom stereocenters. The molecule has 2 fully saturated rings. The van der Waals surface area contributed by atoms with Crippen LogP contribution in [0.3, 0.4) is 0 Å². The maximum absolute atomic E-state index is 9.63. The van der Waals surface area contributed by atoms with E-state index in [4.69, 9.17) is 9.47 Å². The summed E-state index contributed by atoms with van der Waals surface area (Å²) in [4.78, 5) is 0. The highest BCUT2D eigenvalue weighted by Gasteiger charge is 2.39. The van der Waals surface area contributed by atoms with E-state index >= 15 is 0 Å². The molecule has 3 nitrogen and oxygen atoms in total. The molecule has 0 amide bonds. The largest absolute Gasteiger partial charge is 0.391 e. The minimum absolute atomic E-state index is 0.00844. The van der Waals surface area contributed by atoms with Crippen molar-refractivity contribution in [2.45, 2.75) is 71.2 Å². The van der Waals surface area contributed by atoms with Gasteiger partial charge in [-0.1, -0.05) is 20.8 Å². The van der Waals surface area contributed by atoms with Crippen LogP contribution >= 0.6 is 0 Å². The minimum atomic E-state index is -0.701. The van der Waals surface area contributed by atoms with E-state index in [1.165, 1.54) is 6.42 Å². The fraction of sp³-hybridized carbons (Fsp3) is 1.00.